The van der Waals surface area contributed by atoms with Gasteiger partial charge in [-0.15, -0.1) is 11.6 Å². The van der Waals surface area contributed by atoms with Crippen molar-refractivity contribution in [3.63, 3.8) is 0 Å². The number of hydrogen-bond acceptors (Lipinski definition) is 3. The van der Waals surface area contributed by atoms with Crippen molar-refractivity contribution in [2.24, 2.45) is 0 Å². The summed E-state index contributed by atoms with van der Waals surface area (Å²) in [5, 5.41) is 10.6. The Balaban J connectivity index is 2.04. The van der Waals surface area contributed by atoms with E-state index in [4.69, 9.17) is 16.3 Å². The van der Waals surface area contributed by atoms with E-state index >= 15 is 0 Å². The highest BCUT2D eigenvalue weighted by Gasteiger charge is 2.09. The highest BCUT2D eigenvalue weighted by atomic mass is 79.9. The van der Waals surface area contributed by atoms with Gasteiger partial charge in [0.05, 0.1) is 4.92 Å². The molecule has 0 amide bonds. The van der Waals surface area contributed by atoms with Gasteiger partial charge in [-0.2, -0.15) is 0 Å². The fourth-order valence-electron chi connectivity index (χ4n) is 1.60. The number of hydrogen-bond donors (Lipinski definition) is 0. The molecule has 0 radical (unpaired) electrons. The van der Waals surface area contributed by atoms with E-state index in [0.29, 0.717) is 17.0 Å². The normalized spacial score (nSPS) is 10.3. The largest absolute Gasteiger partial charge is 0.489 e. The summed E-state index contributed by atoms with van der Waals surface area (Å²) in [6.07, 6.45) is 0. The monoisotopic (exact) mass is 355 g/mol. The van der Waals surface area contributed by atoms with Crippen LogP contribution in [0.5, 0.6) is 5.75 Å². The fourth-order valence-corrected chi connectivity index (χ4v) is 2.26. The second-order valence-corrected chi connectivity index (χ2v) is 5.22. The lowest BCUT2D eigenvalue weighted by atomic mass is 10.2. The van der Waals surface area contributed by atoms with Gasteiger partial charge in [-0.25, -0.2) is 0 Å². The SMILES string of the molecule is O=[N+]([O-])c1ccc(COc2ccc(CCl)cc2)c(Br)c1. The van der Waals surface area contributed by atoms with Crippen LogP contribution in [0.25, 0.3) is 0 Å². The van der Waals surface area contributed by atoms with Crippen molar-refractivity contribution >= 4 is 33.2 Å². The van der Waals surface area contributed by atoms with Crippen LogP contribution in [0, 0.1) is 10.1 Å². The lowest BCUT2D eigenvalue weighted by Crippen LogP contribution is -1.97. The minimum atomic E-state index is -0.430. The molecular formula is C14H11BrClNO3. The summed E-state index contributed by atoms with van der Waals surface area (Å²) in [6, 6.07) is 12.1. The molecule has 0 unspecified atom stereocenters. The average Bonchev–Trinajstić information content (AvgIpc) is 2.46. The predicted octanol–water partition coefficient (Wildman–Crippen LogP) is 4.68. The molecule has 0 atom stereocenters. The third kappa shape index (κ3) is 3.71. The number of ether oxygens (including phenoxy) is 1. The first-order chi connectivity index (χ1) is 9.60. The first kappa shape index (κ1) is 14.8. The van der Waals surface area contributed by atoms with Crippen LogP contribution >= 0.6 is 27.5 Å². The maximum Gasteiger partial charge on any atom is 0.270 e. The molecular weight excluding hydrogens is 346 g/mol. The van der Waals surface area contributed by atoms with E-state index < -0.39 is 4.92 Å². The van der Waals surface area contributed by atoms with Gasteiger partial charge < -0.3 is 4.74 Å². The molecule has 0 saturated carbocycles. The Morgan fingerprint density at radius 1 is 1.20 bits per heavy atom. The summed E-state index contributed by atoms with van der Waals surface area (Å²) in [5.74, 6) is 1.19. The van der Waals surface area contributed by atoms with E-state index in [-0.39, 0.29) is 5.69 Å². The van der Waals surface area contributed by atoms with E-state index in [1.807, 2.05) is 24.3 Å². The Morgan fingerprint density at radius 2 is 1.90 bits per heavy atom. The van der Waals surface area contributed by atoms with Crippen molar-refractivity contribution < 1.29 is 9.66 Å². The molecule has 0 fully saturated rings. The lowest BCUT2D eigenvalue weighted by Gasteiger charge is -2.08. The lowest BCUT2D eigenvalue weighted by molar-refractivity contribution is -0.384. The molecule has 104 valence electrons. The molecule has 0 aromatic heterocycles. The van der Waals surface area contributed by atoms with Crippen molar-refractivity contribution in [2.45, 2.75) is 12.5 Å². The van der Waals surface area contributed by atoms with E-state index in [9.17, 15) is 10.1 Å². The Labute approximate surface area is 129 Å². The summed E-state index contributed by atoms with van der Waals surface area (Å²) in [4.78, 5) is 10.2. The van der Waals surface area contributed by atoms with Gasteiger partial charge in [0.2, 0.25) is 0 Å². The van der Waals surface area contributed by atoms with Crippen LogP contribution in [0.15, 0.2) is 46.9 Å². The molecule has 4 nitrogen and oxygen atoms in total. The van der Waals surface area contributed by atoms with Crippen LogP contribution in [0.2, 0.25) is 0 Å². The molecule has 0 spiro atoms. The highest BCUT2D eigenvalue weighted by molar-refractivity contribution is 9.10. The Bertz CT molecular complexity index is 616. The standard InChI is InChI=1S/C14H11BrClNO3/c15-14-7-12(17(18)19)4-3-11(14)9-20-13-5-1-10(8-16)2-6-13/h1-7H,8-9H2. The Hall–Kier alpha value is -1.59. The third-order valence-corrected chi connectivity index (χ3v) is 3.77. The zero-order valence-electron chi connectivity index (χ0n) is 10.4. The first-order valence-electron chi connectivity index (χ1n) is 5.80. The maximum absolute atomic E-state index is 10.6. The molecule has 0 aliphatic rings. The average molecular weight is 357 g/mol. The van der Waals surface area contributed by atoms with Crippen LogP contribution in [-0.2, 0) is 12.5 Å². The summed E-state index contributed by atoms with van der Waals surface area (Å²) in [7, 11) is 0. The number of nitro benzene ring substituents is 1. The van der Waals surface area contributed by atoms with Gasteiger partial charge in [0.15, 0.2) is 0 Å². The minimum absolute atomic E-state index is 0.0482. The molecule has 0 saturated heterocycles. The van der Waals surface area contributed by atoms with Crippen molar-refractivity contribution in [1.29, 1.82) is 0 Å². The van der Waals surface area contributed by atoms with Gasteiger partial charge in [0, 0.05) is 28.0 Å². The van der Waals surface area contributed by atoms with Crippen LogP contribution < -0.4 is 4.74 Å². The van der Waals surface area contributed by atoms with Crippen LogP contribution in [0.1, 0.15) is 11.1 Å². The van der Waals surface area contributed by atoms with Crippen molar-refractivity contribution in [3.8, 4) is 5.75 Å². The Morgan fingerprint density at radius 3 is 2.45 bits per heavy atom. The summed E-state index contributed by atoms with van der Waals surface area (Å²) < 4.78 is 6.29. The third-order valence-electron chi connectivity index (χ3n) is 2.72. The van der Waals surface area contributed by atoms with E-state index in [2.05, 4.69) is 15.9 Å². The zero-order chi connectivity index (χ0) is 14.5. The predicted molar refractivity (Wildman–Crippen MR) is 81.1 cm³/mol. The van der Waals surface area contributed by atoms with Crippen molar-refractivity contribution in [1.82, 2.24) is 0 Å². The van der Waals surface area contributed by atoms with Gasteiger partial charge >= 0.3 is 0 Å². The highest BCUT2D eigenvalue weighted by Crippen LogP contribution is 2.24. The smallest absolute Gasteiger partial charge is 0.270 e. The second kappa shape index (κ2) is 6.72. The minimum Gasteiger partial charge on any atom is -0.489 e. The number of non-ortho nitro benzene ring substituents is 1. The first-order valence-corrected chi connectivity index (χ1v) is 7.13. The summed E-state index contributed by atoms with van der Waals surface area (Å²) in [6.45, 7) is 0.332. The van der Waals surface area contributed by atoms with E-state index in [1.165, 1.54) is 12.1 Å². The molecule has 2 aromatic rings. The molecule has 0 aliphatic heterocycles. The second-order valence-electron chi connectivity index (χ2n) is 4.10. The number of halogens is 2. The Kier molecular flexibility index (Phi) is 4.98. The van der Waals surface area contributed by atoms with E-state index in [1.54, 1.807) is 6.07 Å². The number of benzene rings is 2. The molecule has 0 bridgehead atoms. The molecule has 20 heavy (non-hydrogen) atoms. The number of rotatable bonds is 5. The van der Waals surface area contributed by atoms with Crippen LogP contribution in [-0.4, -0.2) is 4.92 Å². The van der Waals surface area contributed by atoms with Crippen molar-refractivity contribution in [3.05, 3.63) is 68.2 Å². The van der Waals surface area contributed by atoms with Gasteiger partial charge in [0.25, 0.3) is 5.69 Å². The van der Waals surface area contributed by atoms with Gasteiger partial charge in [-0.3, -0.25) is 10.1 Å². The van der Waals surface area contributed by atoms with Gasteiger partial charge in [-0.05, 0) is 23.8 Å². The van der Waals surface area contributed by atoms with E-state index in [0.717, 1.165) is 16.9 Å². The zero-order valence-corrected chi connectivity index (χ0v) is 12.7. The quantitative estimate of drug-likeness (QED) is 0.444. The number of nitrogens with zero attached hydrogens (tertiary/aromatic N) is 1. The maximum atomic E-state index is 10.6. The van der Waals surface area contributed by atoms with Gasteiger partial charge in [0.1, 0.15) is 12.4 Å². The summed E-state index contributed by atoms with van der Waals surface area (Å²) in [5.41, 5.74) is 1.92. The van der Waals surface area contributed by atoms with Crippen molar-refractivity contribution in [2.75, 3.05) is 0 Å². The van der Waals surface area contributed by atoms with Crippen LogP contribution in [0.3, 0.4) is 0 Å². The van der Waals surface area contributed by atoms with Crippen LogP contribution in [0.4, 0.5) is 5.69 Å². The van der Waals surface area contributed by atoms with Gasteiger partial charge in [-0.1, -0.05) is 28.1 Å². The topological polar surface area (TPSA) is 52.4 Å². The molecule has 2 aromatic carbocycles. The number of nitro groups is 1. The molecule has 2 rings (SSSR count). The molecule has 6 heteroatoms. The molecule has 0 aliphatic carbocycles. The molecule has 0 heterocycles. The molecule has 0 N–H and O–H groups in total. The fraction of sp³-hybridized carbons (Fsp3) is 0.143. The number of alkyl halides is 1. The summed E-state index contributed by atoms with van der Waals surface area (Å²) >= 11 is 9.02.